The van der Waals surface area contributed by atoms with Gasteiger partial charge in [0.05, 0.1) is 10.9 Å². The number of carbonyl (C=O) groups is 1. The molecule has 1 heterocycles. The van der Waals surface area contributed by atoms with Crippen molar-refractivity contribution in [1.29, 1.82) is 0 Å². The maximum absolute atomic E-state index is 12.7. The fourth-order valence-corrected chi connectivity index (χ4v) is 4.09. The first-order chi connectivity index (χ1) is 11.1. The third-order valence-corrected chi connectivity index (χ3v) is 5.52. The van der Waals surface area contributed by atoms with E-state index in [0.29, 0.717) is 9.23 Å². The lowest BCUT2D eigenvalue weighted by Crippen LogP contribution is -2.30. The lowest BCUT2D eigenvalue weighted by molar-refractivity contribution is -0.123. The van der Waals surface area contributed by atoms with E-state index in [9.17, 15) is 4.79 Å². The Morgan fingerprint density at radius 2 is 1.78 bits per heavy atom. The number of hydrogen-bond acceptors (Lipinski definition) is 3. The molecule has 0 aliphatic carbocycles. The highest BCUT2D eigenvalue weighted by atomic mass is 79.9. The number of carbonyl (C=O) groups excluding carboxylic acids is 1. The fourth-order valence-electron chi connectivity index (χ4n) is 2.40. The Labute approximate surface area is 153 Å². The van der Waals surface area contributed by atoms with Crippen LogP contribution < -0.4 is 0 Å². The molecule has 2 nitrogen and oxygen atoms in total. The van der Waals surface area contributed by atoms with E-state index in [4.69, 9.17) is 12.2 Å². The average Bonchev–Trinajstić information content (AvgIpc) is 2.84. The van der Waals surface area contributed by atoms with E-state index in [-0.39, 0.29) is 11.9 Å². The molecule has 1 amide bonds. The van der Waals surface area contributed by atoms with Crippen LogP contribution in [0, 0.1) is 0 Å². The molecule has 0 radical (unpaired) electrons. The molecule has 2 aromatic rings. The quantitative estimate of drug-likeness (QED) is 0.504. The van der Waals surface area contributed by atoms with E-state index in [1.807, 2.05) is 67.6 Å². The SMILES string of the molecule is C[C@@H](c1ccccc1)N1C(=O)/C(=C/c2ccc(Br)cc2)SC1=S. The molecule has 2 aromatic carbocycles. The summed E-state index contributed by atoms with van der Waals surface area (Å²) in [5.41, 5.74) is 2.06. The molecular formula is C18H14BrNOS2. The highest BCUT2D eigenvalue weighted by Crippen LogP contribution is 2.37. The molecular weight excluding hydrogens is 390 g/mol. The molecule has 0 spiro atoms. The van der Waals surface area contributed by atoms with Crippen molar-refractivity contribution in [3.8, 4) is 0 Å². The van der Waals surface area contributed by atoms with Crippen molar-refractivity contribution in [1.82, 2.24) is 4.90 Å². The maximum atomic E-state index is 12.7. The Hall–Kier alpha value is -1.43. The minimum atomic E-state index is -0.0699. The van der Waals surface area contributed by atoms with Gasteiger partial charge in [0, 0.05) is 4.47 Å². The molecule has 0 saturated carbocycles. The topological polar surface area (TPSA) is 20.3 Å². The van der Waals surface area contributed by atoms with Gasteiger partial charge in [-0.05, 0) is 36.3 Å². The second kappa shape index (κ2) is 6.99. The second-order valence-electron chi connectivity index (χ2n) is 5.19. The van der Waals surface area contributed by atoms with Crippen LogP contribution in [0.25, 0.3) is 6.08 Å². The van der Waals surface area contributed by atoms with Gasteiger partial charge in [0.1, 0.15) is 4.32 Å². The van der Waals surface area contributed by atoms with Crippen LogP contribution >= 0.6 is 39.9 Å². The summed E-state index contributed by atoms with van der Waals surface area (Å²) in [6, 6.07) is 17.7. The van der Waals surface area contributed by atoms with Crippen LogP contribution in [0.5, 0.6) is 0 Å². The van der Waals surface area contributed by atoms with Gasteiger partial charge in [-0.3, -0.25) is 9.69 Å². The largest absolute Gasteiger partial charge is 0.286 e. The third kappa shape index (κ3) is 3.57. The van der Waals surface area contributed by atoms with Gasteiger partial charge in [-0.1, -0.05) is 82.4 Å². The van der Waals surface area contributed by atoms with Gasteiger partial charge in [0.15, 0.2) is 0 Å². The number of benzene rings is 2. The first-order valence-electron chi connectivity index (χ1n) is 7.14. The molecule has 0 unspecified atom stereocenters. The van der Waals surface area contributed by atoms with Crippen LogP contribution in [0.2, 0.25) is 0 Å². The smallest absolute Gasteiger partial charge is 0.266 e. The van der Waals surface area contributed by atoms with Gasteiger partial charge in [0.2, 0.25) is 0 Å². The van der Waals surface area contributed by atoms with Gasteiger partial charge >= 0.3 is 0 Å². The maximum Gasteiger partial charge on any atom is 0.266 e. The van der Waals surface area contributed by atoms with Gasteiger partial charge in [-0.25, -0.2) is 0 Å². The van der Waals surface area contributed by atoms with E-state index in [0.717, 1.165) is 15.6 Å². The summed E-state index contributed by atoms with van der Waals surface area (Å²) in [5, 5.41) is 0. The van der Waals surface area contributed by atoms with Crippen LogP contribution in [0.4, 0.5) is 0 Å². The molecule has 5 heteroatoms. The zero-order valence-electron chi connectivity index (χ0n) is 12.4. The molecule has 1 atom stereocenters. The lowest BCUT2D eigenvalue weighted by atomic mass is 10.1. The zero-order valence-corrected chi connectivity index (χ0v) is 15.6. The number of hydrogen-bond donors (Lipinski definition) is 0. The van der Waals surface area contributed by atoms with Gasteiger partial charge in [0.25, 0.3) is 5.91 Å². The number of rotatable bonds is 3. The van der Waals surface area contributed by atoms with Crippen LogP contribution in [-0.2, 0) is 4.79 Å². The Kier molecular flexibility index (Phi) is 4.99. The molecule has 0 N–H and O–H groups in total. The molecule has 0 bridgehead atoms. The standard InChI is InChI=1S/C18H14BrNOS2/c1-12(14-5-3-2-4-6-14)20-17(21)16(23-18(20)22)11-13-7-9-15(19)10-8-13/h2-12H,1H3/b16-11-/t12-/m0/s1. The van der Waals surface area contributed by atoms with Crippen LogP contribution in [0.3, 0.4) is 0 Å². The Morgan fingerprint density at radius 1 is 1.13 bits per heavy atom. The van der Waals surface area contributed by atoms with Crippen LogP contribution in [0.1, 0.15) is 24.1 Å². The van der Waals surface area contributed by atoms with E-state index in [1.54, 1.807) is 4.90 Å². The van der Waals surface area contributed by atoms with Gasteiger partial charge in [-0.15, -0.1) is 0 Å². The summed E-state index contributed by atoms with van der Waals surface area (Å²) >= 11 is 10.2. The monoisotopic (exact) mass is 403 g/mol. The van der Waals surface area contributed by atoms with Crippen LogP contribution in [0.15, 0.2) is 64.0 Å². The molecule has 1 aliphatic heterocycles. The van der Waals surface area contributed by atoms with E-state index < -0.39 is 0 Å². The van der Waals surface area contributed by atoms with Crippen molar-refractivity contribution in [2.45, 2.75) is 13.0 Å². The molecule has 116 valence electrons. The Balaban J connectivity index is 1.86. The number of amides is 1. The predicted octanol–water partition coefficient (Wildman–Crippen LogP) is 5.41. The van der Waals surface area contributed by atoms with Crippen molar-refractivity contribution < 1.29 is 4.79 Å². The summed E-state index contributed by atoms with van der Waals surface area (Å²) in [7, 11) is 0. The van der Waals surface area contributed by atoms with Crippen molar-refractivity contribution in [3.63, 3.8) is 0 Å². The molecule has 1 fully saturated rings. The Bertz CT molecular complexity index is 771. The van der Waals surface area contributed by atoms with E-state index in [1.165, 1.54) is 11.8 Å². The minimum absolute atomic E-state index is 0.0285. The average molecular weight is 404 g/mol. The zero-order chi connectivity index (χ0) is 16.4. The first-order valence-corrected chi connectivity index (χ1v) is 9.15. The molecule has 3 rings (SSSR count). The summed E-state index contributed by atoms with van der Waals surface area (Å²) < 4.78 is 1.62. The van der Waals surface area contributed by atoms with Crippen molar-refractivity contribution in [2.75, 3.05) is 0 Å². The number of thiocarbonyl (C=S) groups is 1. The van der Waals surface area contributed by atoms with E-state index in [2.05, 4.69) is 15.9 Å². The molecule has 23 heavy (non-hydrogen) atoms. The Morgan fingerprint density at radius 3 is 2.43 bits per heavy atom. The summed E-state index contributed by atoms with van der Waals surface area (Å²) in [6.45, 7) is 2.00. The van der Waals surface area contributed by atoms with E-state index >= 15 is 0 Å². The van der Waals surface area contributed by atoms with Crippen molar-refractivity contribution in [2.24, 2.45) is 0 Å². The van der Waals surface area contributed by atoms with Gasteiger partial charge in [-0.2, -0.15) is 0 Å². The molecule has 1 aliphatic rings. The third-order valence-electron chi connectivity index (χ3n) is 3.66. The van der Waals surface area contributed by atoms with Crippen LogP contribution in [-0.4, -0.2) is 15.1 Å². The molecule has 0 aromatic heterocycles. The summed E-state index contributed by atoms with van der Waals surface area (Å²) in [4.78, 5) is 15.1. The normalized spacial score (nSPS) is 17.8. The lowest BCUT2D eigenvalue weighted by Gasteiger charge is -2.23. The second-order valence-corrected chi connectivity index (χ2v) is 7.78. The van der Waals surface area contributed by atoms with Crippen molar-refractivity contribution in [3.05, 3.63) is 75.1 Å². The predicted molar refractivity (Wildman–Crippen MR) is 104 cm³/mol. The summed E-state index contributed by atoms with van der Waals surface area (Å²) in [5.74, 6) is -0.0285. The number of halogens is 1. The highest BCUT2D eigenvalue weighted by molar-refractivity contribution is 9.10. The highest BCUT2D eigenvalue weighted by Gasteiger charge is 2.35. The van der Waals surface area contributed by atoms with Gasteiger partial charge < -0.3 is 0 Å². The van der Waals surface area contributed by atoms with Crippen molar-refractivity contribution >= 4 is 56.2 Å². The fraction of sp³-hybridized carbons (Fsp3) is 0.111. The molecule has 1 saturated heterocycles. The minimum Gasteiger partial charge on any atom is -0.286 e. The summed E-state index contributed by atoms with van der Waals surface area (Å²) in [6.07, 6.45) is 1.89. The first kappa shape index (κ1) is 16.4. The number of thioether (sulfide) groups is 1. The number of nitrogens with zero attached hydrogens (tertiary/aromatic N) is 1.